The maximum Gasteiger partial charge on any atom is 0.108 e. The Kier molecular flexibility index (Phi) is 4.03. The second-order valence-corrected chi connectivity index (χ2v) is 7.21. The number of likely N-dealkylation sites (tertiary alicyclic amines) is 1. The molecule has 1 saturated heterocycles. The van der Waals surface area contributed by atoms with E-state index in [4.69, 9.17) is 0 Å². The average Bonchev–Trinajstić information content (AvgIpc) is 3.16. The van der Waals surface area contributed by atoms with E-state index < -0.39 is 0 Å². The van der Waals surface area contributed by atoms with E-state index in [-0.39, 0.29) is 5.54 Å². The Hall–Kier alpha value is -0.630. The highest BCUT2D eigenvalue weighted by atomic mass is 15.2. The highest BCUT2D eigenvalue weighted by molar-refractivity contribution is 5.15. The molecule has 0 aromatic heterocycles. The molecule has 0 bridgehead atoms. The predicted octanol–water partition coefficient (Wildman–Crippen LogP) is 1.58. The number of hydrogen-bond acceptors (Lipinski definition) is 4. The smallest absolute Gasteiger partial charge is 0.108 e. The van der Waals surface area contributed by atoms with E-state index in [9.17, 15) is 5.26 Å². The number of nitrogens with zero attached hydrogens (tertiary/aromatic N) is 3. The lowest BCUT2D eigenvalue weighted by Crippen LogP contribution is -2.48. The van der Waals surface area contributed by atoms with E-state index in [0.717, 1.165) is 12.8 Å². The molecule has 3 rings (SSSR count). The lowest BCUT2D eigenvalue weighted by molar-refractivity contribution is 0.106. The van der Waals surface area contributed by atoms with Crippen molar-refractivity contribution in [1.82, 2.24) is 15.1 Å². The summed E-state index contributed by atoms with van der Waals surface area (Å²) in [7, 11) is 4.50. The highest BCUT2D eigenvalue weighted by Gasteiger charge is 2.44. The molecule has 2 aliphatic carbocycles. The molecule has 0 radical (unpaired) electrons. The van der Waals surface area contributed by atoms with Crippen LogP contribution in [-0.4, -0.2) is 60.6 Å². The van der Waals surface area contributed by atoms with Crippen LogP contribution in [0.5, 0.6) is 0 Å². The molecule has 2 saturated carbocycles. The Balaban J connectivity index is 1.56. The number of rotatable bonds is 4. The second kappa shape index (κ2) is 5.63. The van der Waals surface area contributed by atoms with Crippen molar-refractivity contribution in [2.45, 2.75) is 68.6 Å². The minimum absolute atomic E-state index is 0.231. The zero-order valence-corrected chi connectivity index (χ0v) is 12.9. The number of nitriles is 1. The Bertz CT molecular complexity index is 378. The summed E-state index contributed by atoms with van der Waals surface area (Å²) in [4.78, 5) is 5.01. The van der Waals surface area contributed by atoms with Gasteiger partial charge in [0.05, 0.1) is 6.07 Å². The zero-order chi connectivity index (χ0) is 14.2. The van der Waals surface area contributed by atoms with Crippen molar-refractivity contribution in [3.8, 4) is 6.07 Å². The second-order valence-electron chi connectivity index (χ2n) is 7.21. The Labute approximate surface area is 123 Å². The summed E-state index contributed by atoms with van der Waals surface area (Å²) in [5.74, 6) is 0. The summed E-state index contributed by atoms with van der Waals surface area (Å²) in [6.07, 6.45) is 8.30. The first-order chi connectivity index (χ1) is 9.62. The average molecular weight is 276 g/mol. The molecule has 2 unspecified atom stereocenters. The molecule has 0 amide bonds. The lowest BCUT2D eigenvalue weighted by atomic mass is 9.97. The molecular formula is C16H28N4. The first kappa shape index (κ1) is 14.3. The van der Waals surface area contributed by atoms with Crippen LogP contribution in [0.4, 0.5) is 0 Å². The van der Waals surface area contributed by atoms with Crippen molar-refractivity contribution in [1.29, 1.82) is 5.26 Å². The van der Waals surface area contributed by atoms with Crippen LogP contribution in [0.25, 0.3) is 0 Å². The number of piperidine rings is 1. The van der Waals surface area contributed by atoms with Gasteiger partial charge in [-0.3, -0.25) is 5.32 Å². The molecular weight excluding hydrogens is 248 g/mol. The molecule has 0 aromatic carbocycles. The lowest BCUT2D eigenvalue weighted by Gasteiger charge is -2.38. The van der Waals surface area contributed by atoms with Gasteiger partial charge in [-0.2, -0.15) is 5.26 Å². The van der Waals surface area contributed by atoms with E-state index in [2.05, 4.69) is 35.3 Å². The molecule has 0 aromatic rings. The van der Waals surface area contributed by atoms with E-state index in [0.29, 0.717) is 18.1 Å². The molecule has 2 atom stereocenters. The summed E-state index contributed by atoms with van der Waals surface area (Å²) in [5, 5.41) is 13.2. The van der Waals surface area contributed by atoms with Crippen LogP contribution in [0, 0.1) is 11.3 Å². The van der Waals surface area contributed by atoms with E-state index in [1.165, 1.54) is 45.2 Å². The van der Waals surface area contributed by atoms with Crippen LogP contribution in [0.15, 0.2) is 0 Å². The maximum absolute atomic E-state index is 9.60. The molecule has 1 N–H and O–H groups in total. The van der Waals surface area contributed by atoms with Gasteiger partial charge >= 0.3 is 0 Å². The zero-order valence-electron chi connectivity index (χ0n) is 12.9. The molecule has 3 aliphatic rings. The fourth-order valence-corrected chi connectivity index (χ4v) is 3.95. The van der Waals surface area contributed by atoms with Crippen LogP contribution >= 0.6 is 0 Å². The largest absolute Gasteiger partial charge is 0.306 e. The molecule has 0 spiro atoms. The van der Waals surface area contributed by atoms with Gasteiger partial charge in [-0.05, 0) is 72.1 Å². The van der Waals surface area contributed by atoms with Gasteiger partial charge < -0.3 is 9.80 Å². The number of hydrogen-bond donors (Lipinski definition) is 1. The summed E-state index contributed by atoms with van der Waals surface area (Å²) in [5.41, 5.74) is -0.231. The van der Waals surface area contributed by atoms with Crippen LogP contribution in [-0.2, 0) is 0 Å². The van der Waals surface area contributed by atoms with Gasteiger partial charge in [0.2, 0.25) is 0 Å². The fraction of sp³-hybridized carbons (Fsp3) is 0.938. The van der Waals surface area contributed by atoms with Crippen molar-refractivity contribution < 1.29 is 0 Å². The van der Waals surface area contributed by atoms with Crippen LogP contribution in [0.2, 0.25) is 0 Å². The molecule has 3 fully saturated rings. The number of nitrogens with one attached hydrogen (secondary N) is 1. The SMILES string of the molecule is CN1CCC(N(C)C2CCC(C#N)(NC3CC3)C2)CC1. The Morgan fingerprint density at radius 3 is 2.45 bits per heavy atom. The fourth-order valence-electron chi connectivity index (χ4n) is 3.95. The van der Waals surface area contributed by atoms with Crippen molar-refractivity contribution in [3.05, 3.63) is 0 Å². The molecule has 20 heavy (non-hydrogen) atoms. The van der Waals surface area contributed by atoms with E-state index in [1.807, 2.05) is 0 Å². The predicted molar refractivity (Wildman–Crippen MR) is 80.4 cm³/mol. The quantitative estimate of drug-likeness (QED) is 0.846. The third kappa shape index (κ3) is 3.00. The molecule has 112 valence electrons. The summed E-state index contributed by atoms with van der Waals surface area (Å²) < 4.78 is 0. The van der Waals surface area contributed by atoms with Crippen molar-refractivity contribution >= 4 is 0 Å². The van der Waals surface area contributed by atoms with Gasteiger partial charge in [0, 0.05) is 18.1 Å². The van der Waals surface area contributed by atoms with E-state index >= 15 is 0 Å². The third-order valence-corrected chi connectivity index (χ3v) is 5.60. The standard InChI is InChI=1S/C16H28N4/c1-19-9-6-14(7-10-19)20(2)15-5-8-16(11-15,12-17)18-13-3-4-13/h13-15,18H,3-11H2,1-2H3. The summed E-state index contributed by atoms with van der Waals surface area (Å²) in [6, 6.07) is 4.53. The van der Waals surface area contributed by atoms with Gasteiger partial charge in [0.15, 0.2) is 0 Å². The minimum Gasteiger partial charge on any atom is -0.306 e. The third-order valence-electron chi connectivity index (χ3n) is 5.60. The normalized spacial score (nSPS) is 36.4. The van der Waals surface area contributed by atoms with Crippen molar-refractivity contribution in [2.24, 2.45) is 0 Å². The van der Waals surface area contributed by atoms with Gasteiger partial charge in [0.1, 0.15) is 5.54 Å². The summed E-state index contributed by atoms with van der Waals surface area (Å²) >= 11 is 0. The van der Waals surface area contributed by atoms with Crippen molar-refractivity contribution in [3.63, 3.8) is 0 Å². The van der Waals surface area contributed by atoms with Gasteiger partial charge in [0.25, 0.3) is 0 Å². The molecule has 1 aliphatic heterocycles. The van der Waals surface area contributed by atoms with Crippen LogP contribution < -0.4 is 5.32 Å². The monoisotopic (exact) mass is 276 g/mol. The van der Waals surface area contributed by atoms with Gasteiger partial charge in [-0.1, -0.05) is 0 Å². The first-order valence-electron chi connectivity index (χ1n) is 8.21. The summed E-state index contributed by atoms with van der Waals surface area (Å²) in [6.45, 7) is 2.43. The molecule has 4 heteroatoms. The van der Waals surface area contributed by atoms with Crippen LogP contribution in [0.3, 0.4) is 0 Å². The Morgan fingerprint density at radius 1 is 1.15 bits per heavy atom. The van der Waals surface area contributed by atoms with E-state index in [1.54, 1.807) is 0 Å². The van der Waals surface area contributed by atoms with Crippen molar-refractivity contribution in [2.75, 3.05) is 27.2 Å². The van der Waals surface area contributed by atoms with Crippen LogP contribution in [0.1, 0.15) is 44.9 Å². The maximum atomic E-state index is 9.60. The Morgan fingerprint density at radius 2 is 1.85 bits per heavy atom. The minimum atomic E-state index is -0.231. The topological polar surface area (TPSA) is 42.3 Å². The first-order valence-corrected chi connectivity index (χ1v) is 8.21. The molecule has 1 heterocycles. The highest BCUT2D eigenvalue weighted by Crippen LogP contribution is 2.36. The molecule has 4 nitrogen and oxygen atoms in total. The van der Waals surface area contributed by atoms with Gasteiger partial charge in [-0.15, -0.1) is 0 Å². The van der Waals surface area contributed by atoms with Gasteiger partial charge in [-0.25, -0.2) is 0 Å².